The Morgan fingerprint density at radius 2 is 1.83 bits per heavy atom. The third-order valence-electron chi connectivity index (χ3n) is 3.04. The minimum atomic E-state index is -3.37. The molecule has 23 heavy (non-hydrogen) atoms. The standard InChI is InChI=1S/C16H15BrClNO3S/c17-13-4-6-15(7-5-13)19-16(20)8-9-23(21,22)11-12-2-1-3-14(18)10-12/h1-7,10H,8-9,11H2,(H,19,20). The lowest BCUT2D eigenvalue weighted by molar-refractivity contribution is -0.115. The van der Waals surface area contributed by atoms with E-state index >= 15 is 0 Å². The number of nitrogens with one attached hydrogen (secondary N) is 1. The normalized spacial score (nSPS) is 11.2. The molecule has 1 N–H and O–H groups in total. The molecule has 0 bridgehead atoms. The molecule has 1 amide bonds. The molecule has 0 aromatic heterocycles. The predicted molar refractivity (Wildman–Crippen MR) is 96.3 cm³/mol. The highest BCUT2D eigenvalue weighted by Crippen LogP contribution is 2.16. The molecular formula is C16H15BrClNO3S. The van der Waals surface area contributed by atoms with Crippen LogP contribution in [0.1, 0.15) is 12.0 Å². The van der Waals surface area contributed by atoms with E-state index in [4.69, 9.17) is 11.6 Å². The van der Waals surface area contributed by atoms with Gasteiger partial charge in [-0.1, -0.05) is 39.7 Å². The van der Waals surface area contributed by atoms with Crippen molar-refractivity contribution >= 4 is 49.0 Å². The Balaban J connectivity index is 1.88. The van der Waals surface area contributed by atoms with E-state index in [1.807, 2.05) is 0 Å². The Kier molecular flexibility index (Phi) is 6.21. The topological polar surface area (TPSA) is 63.2 Å². The van der Waals surface area contributed by atoms with Crippen molar-refractivity contribution in [2.75, 3.05) is 11.1 Å². The molecule has 0 heterocycles. The highest BCUT2D eigenvalue weighted by atomic mass is 79.9. The summed E-state index contributed by atoms with van der Waals surface area (Å²) in [5, 5.41) is 3.16. The van der Waals surface area contributed by atoms with E-state index in [1.165, 1.54) is 0 Å². The van der Waals surface area contributed by atoms with Crippen LogP contribution < -0.4 is 5.32 Å². The molecule has 0 unspecified atom stereocenters. The third kappa shape index (κ3) is 6.33. The van der Waals surface area contributed by atoms with Crippen LogP contribution in [0.2, 0.25) is 5.02 Å². The molecule has 0 radical (unpaired) electrons. The van der Waals surface area contributed by atoms with Crippen molar-refractivity contribution in [1.29, 1.82) is 0 Å². The highest BCUT2D eigenvalue weighted by Gasteiger charge is 2.15. The molecule has 0 saturated carbocycles. The molecule has 0 spiro atoms. The molecule has 122 valence electrons. The van der Waals surface area contributed by atoms with Gasteiger partial charge in [0, 0.05) is 21.6 Å². The molecule has 7 heteroatoms. The van der Waals surface area contributed by atoms with Crippen LogP contribution in [0.4, 0.5) is 5.69 Å². The summed E-state index contributed by atoms with van der Waals surface area (Å²) in [6.07, 6.45) is -0.0844. The SMILES string of the molecule is O=C(CCS(=O)(=O)Cc1cccc(Cl)c1)Nc1ccc(Br)cc1. The van der Waals surface area contributed by atoms with E-state index in [1.54, 1.807) is 48.5 Å². The number of hydrogen-bond donors (Lipinski definition) is 1. The van der Waals surface area contributed by atoms with Crippen molar-refractivity contribution in [2.45, 2.75) is 12.2 Å². The lowest BCUT2D eigenvalue weighted by Gasteiger charge is -2.07. The van der Waals surface area contributed by atoms with Gasteiger partial charge in [0.2, 0.25) is 5.91 Å². The molecule has 2 aromatic rings. The fourth-order valence-corrected chi connectivity index (χ4v) is 3.76. The molecule has 0 saturated heterocycles. The van der Waals surface area contributed by atoms with Crippen molar-refractivity contribution in [3.8, 4) is 0 Å². The second kappa shape index (κ2) is 7.95. The zero-order valence-electron chi connectivity index (χ0n) is 12.1. The minimum absolute atomic E-state index is 0.0844. The molecule has 4 nitrogen and oxygen atoms in total. The van der Waals surface area contributed by atoms with Gasteiger partial charge in [-0.2, -0.15) is 0 Å². The lowest BCUT2D eigenvalue weighted by atomic mass is 10.2. The summed E-state index contributed by atoms with van der Waals surface area (Å²) < 4.78 is 25.1. The van der Waals surface area contributed by atoms with Crippen LogP contribution in [-0.4, -0.2) is 20.1 Å². The Morgan fingerprint density at radius 1 is 1.13 bits per heavy atom. The van der Waals surface area contributed by atoms with Gasteiger partial charge in [-0.3, -0.25) is 4.79 Å². The second-order valence-electron chi connectivity index (χ2n) is 5.03. The average Bonchev–Trinajstić information content (AvgIpc) is 2.47. The predicted octanol–water partition coefficient (Wildman–Crippen LogP) is 4.05. The van der Waals surface area contributed by atoms with Crippen LogP contribution in [0, 0.1) is 0 Å². The van der Waals surface area contributed by atoms with Gasteiger partial charge in [0.05, 0.1) is 11.5 Å². The van der Waals surface area contributed by atoms with Gasteiger partial charge >= 0.3 is 0 Å². The maximum Gasteiger partial charge on any atom is 0.225 e. The van der Waals surface area contributed by atoms with Crippen LogP contribution >= 0.6 is 27.5 Å². The van der Waals surface area contributed by atoms with E-state index in [2.05, 4.69) is 21.2 Å². The molecule has 0 aliphatic carbocycles. The van der Waals surface area contributed by atoms with Gasteiger partial charge < -0.3 is 5.32 Å². The van der Waals surface area contributed by atoms with Gasteiger partial charge in [-0.05, 0) is 42.0 Å². The average molecular weight is 417 g/mol. The van der Waals surface area contributed by atoms with Crippen molar-refractivity contribution in [3.63, 3.8) is 0 Å². The van der Waals surface area contributed by atoms with Crippen molar-refractivity contribution in [2.24, 2.45) is 0 Å². The van der Waals surface area contributed by atoms with E-state index < -0.39 is 9.84 Å². The maximum absolute atomic E-state index is 12.1. The first kappa shape index (κ1) is 18.0. The lowest BCUT2D eigenvalue weighted by Crippen LogP contribution is -2.18. The first-order valence-corrected chi connectivity index (χ1v) is 9.83. The first-order chi connectivity index (χ1) is 10.8. The Hall–Kier alpha value is -1.37. The summed E-state index contributed by atoms with van der Waals surface area (Å²) in [5.74, 6) is -0.664. The number of carbonyl (C=O) groups excluding carboxylic acids is 1. The quantitative estimate of drug-likeness (QED) is 0.773. The molecule has 0 atom stereocenters. The summed E-state index contributed by atoms with van der Waals surface area (Å²) in [4.78, 5) is 11.8. The van der Waals surface area contributed by atoms with Gasteiger partial charge in [0.15, 0.2) is 9.84 Å². The summed E-state index contributed by atoms with van der Waals surface area (Å²) in [6.45, 7) is 0. The van der Waals surface area contributed by atoms with Crippen LogP contribution in [0.15, 0.2) is 53.0 Å². The molecule has 0 aliphatic heterocycles. The molecule has 0 aliphatic rings. The fraction of sp³-hybridized carbons (Fsp3) is 0.188. The summed E-state index contributed by atoms with van der Waals surface area (Å²) in [5.41, 5.74) is 1.25. The van der Waals surface area contributed by atoms with Crippen molar-refractivity contribution < 1.29 is 13.2 Å². The monoisotopic (exact) mass is 415 g/mol. The summed E-state index contributed by atoms with van der Waals surface area (Å²) >= 11 is 9.14. The molecule has 2 rings (SSSR count). The van der Waals surface area contributed by atoms with Crippen LogP contribution in [0.3, 0.4) is 0 Å². The highest BCUT2D eigenvalue weighted by molar-refractivity contribution is 9.10. The molecular weight excluding hydrogens is 402 g/mol. The van der Waals surface area contributed by atoms with Crippen LogP contribution in [-0.2, 0) is 20.4 Å². The molecule has 2 aromatic carbocycles. The van der Waals surface area contributed by atoms with E-state index in [0.29, 0.717) is 16.3 Å². The third-order valence-corrected chi connectivity index (χ3v) is 5.41. The maximum atomic E-state index is 12.1. The summed E-state index contributed by atoms with van der Waals surface area (Å²) in [6, 6.07) is 13.8. The summed E-state index contributed by atoms with van der Waals surface area (Å²) in [7, 11) is -3.37. The smallest absolute Gasteiger partial charge is 0.225 e. The number of benzene rings is 2. The number of hydrogen-bond acceptors (Lipinski definition) is 3. The first-order valence-electron chi connectivity index (χ1n) is 6.84. The Morgan fingerprint density at radius 3 is 2.48 bits per heavy atom. The minimum Gasteiger partial charge on any atom is -0.326 e. The number of amides is 1. The van der Waals surface area contributed by atoms with E-state index in [0.717, 1.165) is 4.47 Å². The van der Waals surface area contributed by atoms with E-state index in [-0.39, 0.29) is 23.8 Å². The van der Waals surface area contributed by atoms with Crippen LogP contribution in [0.25, 0.3) is 0 Å². The number of carbonyl (C=O) groups is 1. The zero-order valence-corrected chi connectivity index (χ0v) is 15.3. The molecule has 0 fully saturated rings. The Labute approximate surface area is 148 Å². The number of sulfone groups is 1. The van der Waals surface area contributed by atoms with Crippen molar-refractivity contribution in [3.05, 3.63) is 63.6 Å². The number of halogens is 2. The van der Waals surface area contributed by atoms with Crippen LogP contribution in [0.5, 0.6) is 0 Å². The van der Waals surface area contributed by atoms with Crippen molar-refractivity contribution in [1.82, 2.24) is 0 Å². The second-order valence-corrected chi connectivity index (χ2v) is 8.56. The fourth-order valence-electron chi connectivity index (χ4n) is 1.96. The van der Waals surface area contributed by atoms with Gasteiger partial charge in [0.1, 0.15) is 0 Å². The van der Waals surface area contributed by atoms with Gasteiger partial charge in [0.25, 0.3) is 0 Å². The van der Waals surface area contributed by atoms with Gasteiger partial charge in [-0.15, -0.1) is 0 Å². The largest absolute Gasteiger partial charge is 0.326 e. The Bertz CT molecular complexity index is 791. The number of rotatable bonds is 6. The van der Waals surface area contributed by atoms with E-state index in [9.17, 15) is 13.2 Å². The number of anilines is 1. The zero-order chi connectivity index (χ0) is 16.9. The van der Waals surface area contributed by atoms with Gasteiger partial charge in [-0.25, -0.2) is 8.42 Å².